The number of aliphatic hydroxyl groups is 2. The van der Waals surface area contributed by atoms with Crippen LogP contribution in [0.3, 0.4) is 0 Å². The second kappa shape index (κ2) is 35.8. The Labute approximate surface area is 588 Å². The molecule has 11 rings (SSSR count). The van der Waals surface area contributed by atoms with E-state index in [4.69, 9.17) is 53.1 Å². The molecular weight excluding hydrogens is 1430 g/mol. The number of non-ortho nitro benzene ring substituents is 1. The number of aliphatic carboxylic acids is 3. The molecule has 522 valence electrons. The minimum absolute atomic E-state index is 0.0237. The number of nitro groups is 1. The summed E-state index contributed by atoms with van der Waals surface area (Å²) in [5.41, 5.74) is 6.05. The predicted octanol–water partition coefficient (Wildman–Crippen LogP) is 3.72. The number of β-lactam (4-membered cyclic amide) rings is 5. The van der Waals surface area contributed by atoms with E-state index in [1.807, 2.05) is 44.4 Å². The Bertz CT molecular complexity index is 3480. The van der Waals surface area contributed by atoms with Gasteiger partial charge in [0, 0.05) is 82.7 Å². The molecule has 0 saturated carbocycles. The fraction of sp³-hybridized carbons (Fsp3) is 0.550. The van der Waals surface area contributed by atoms with Crippen molar-refractivity contribution in [1.82, 2.24) is 24.5 Å². The Morgan fingerprint density at radius 1 is 0.521 bits per heavy atom. The number of benzene rings is 1. The third-order valence-electron chi connectivity index (χ3n) is 16.5. The second-order valence-corrected chi connectivity index (χ2v) is 31.3. The van der Waals surface area contributed by atoms with Gasteiger partial charge in [-0.3, -0.25) is 63.2 Å². The van der Waals surface area contributed by atoms with Crippen molar-refractivity contribution in [3.05, 3.63) is 96.3 Å². The lowest BCUT2D eigenvalue weighted by Gasteiger charge is -2.49. The molecule has 5 fully saturated rings. The normalized spacial score (nSPS) is 25.7. The number of hydrogen-bond acceptors (Lipinski definition) is 27. The monoisotopic (exact) mass is 1500 g/mol. The van der Waals surface area contributed by atoms with Crippen molar-refractivity contribution in [3.8, 4) is 0 Å². The molecule has 10 heterocycles. The van der Waals surface area contributed by atoms with E-state index in [0.29, 0.717) is 65.5 Å². The first-order chi connectivity index (χ1) is 45.4. The topological polar surface area (TPSA) is 382 Å². The fourth-order valence-corrected chi connectivity index (χ4v) is 18.9. The smallest absolute Gasteiger partial charge is 0.352 e. The van der Waals surface area contributed by atoms with Gasteiger partial charge >= 0.3 is 23.9 Å². The highest BCUT2D eigenvalue weighted by atomic mass is 32.4. The van der Waals surface area contributed by atoms with Gasteiger partial charge in [-0.25, -0.2) is 4.79 Å². The number of nitrogens with zero attached hydrogens (tertiary/aromatic N) is 6. The van der Waals surface area contributed by atoms with E-state index in [0.717, 1.165) is 47.0 Å². The standard InChI is InChI=1S/C12H14NO5PS2.C12H16NO3PS2.C11H13NO5S.C9H11NO4S.C9H13NO2S.C7H7NO2/c1-6-10(15)13-9(12(16)17)7(5-21-11(6)13)4-18-8(14)2-3-19-20;1-7-11(15)13-8(2)9(6-19-12(7)13)5-16-10(14)3-4-17-18;1-5-9(14)12-8(11(15)16)7(3-17-6(2)13)4-18-10(5)12;1-4-7(12)10-6(9(13)14)5(2-11)3-15-8(4)10;1-5-8(12)10-6(2)7(3-11)4-13-9(5)10;1-6-2-4-7(5-3-6)8(9)10/h6,11H,2-5H2,1H3,(H,16,17);7,12H,3-6H2,1-2H3;5,10H,3-4H2,1-2H3,(H,15,16);4,8,11H,2-3H2,1H3,(H,13,14);5,9,11H,3-4H2,1-2H3;2-5H,1H3/p-2. The lowest BCUT2D eigenvalue weighted by molar-refractivity contribution is -0.384. The summed E-state index contributed by atoms with van der Waals surface area (Å²) in [5, 5.41) is 59.8. The van der Waals surface area contributed by atoms with Crippen LogP contribution >= 0.6 is 73.5 Å². The third kappa shape index (κ3) is 18.2. The fourth-order valence-electron chi connectivity index (χ4n) is 10.8. The number of rotatable bonds is 18. The van der Waals surface area contributed by atoms with Gasteiger partial charge in [-0.15, -0.1) is 58.8 Å². The summed E-state index contributed by atoms with van der Waals surface area (Å²) < 4.78 is 15.1. The zero-order chi connectivity index (χ0) is 71.3. The molecule has 0 radical (unpaired) electrons. The summed E-state index contributed by atoms with van der Waals surface area (Å²) in [7, 11) is 1.48. The van der Waals surface area contributed by atoms with E-state index in [2.05, 4.69) is 0 Å². The number of carboxylic acids is 3. The maximum Gasteiger partial charge on any atom is 0.352 e. The van der Waals surface area contributed by atoms with Crippen LogP contribution in [0.15, 0.2) is 80.6 Å². The minimum Gasteiger partial charge on any atom is -0.543 e. The number of amides is 5. The molecule has 10 aliphatic rings. The number of thioether (sulfide) groups is 5. The van der Waals surface area contributed by atoms with Crippen molar-refractivity contribution >= 4 is 168 Å². The average Bonchev–Trinajstić information content (AvgIpc) is 0.776. The molecule has 10 aliphatic heterocycles. The number of carbonyl (C=O) groups is 11. The Balaban J connectivity index is 0.000000185. The van der Waals surface area contributed by atoms with Crippen molar-refractivity contribution in [3.63, 3.8) is 0 Å². The zero-order valence-electron chi connectivity index (χ0n) is 53.6. The van der Waals surface area contributed by atoms with Crippen molar-refractivity contribution in [1.29, 1.82) is 0 Å². The summed E-state index contributed by atoms with van der Waals surface area (Å²) in [6.07, 6.45) is 1.76. The number of aliphatic hydroxyl groups excluding tert-OH is 2. The van der Waals surface area contributed by atoms with E-state index in [1.165, 1.54) is 69.0 Å². The lowest BCUT2D eigenvalue weighted by atomic mass is 9.98. The van der Waals surface area contributed by atoms with E-state index < -0.39 is 34.8 Å². The van der Waals surface area contributed by atoms with Crippen LogP contribution in [0.1, 0.15) is 73.8 Å². The molecular formula is C60H72N6O21P2S7-2. The molecule has 1 aromatic carbocycles. The molecule has 1 aromatic rings. The first-order valence-corrected chi connectivity index (χ1v) is 39.2. The van der Waals surface area contributed by atoms with Crippen LogP contribution in [0.2, 0.25) is 0 Å². The third-order valence-corrected chi connectivity index (χ3v) is 25.7. The van der Waals surface area contributed by atoms with Crippen LogP contribution in [-0.2, 0) is 90.6 Å². The van der Waals surface area contributed by atoms with Gasteiger partial charge in [-0.05, 0) is 52.2 Å². The number of aryl methyl sites for hydroxylation is 1. The summed E-state index contributed by atoms with van der Waals surface area (Å²) >= 11 is 17.4. The van der Waals surface area contributed by atoms with Gasteiger partial charge in [0.2, 0.25) is 29.5 Å². The number of carboxylic acid groups (broad SMARTS) is 3. The highest BCUT2D eigenvalue weighted by Crippen LogP contribution is 2.47. The largest absolute Gasteiger partial charge is 0.543 e. The van der Waals surface area contributed by atoms with Gasteiger partial charge in [0.1, 0.15) is 25.5 Å². The minimum atomic E-state index is -1.41. The summed E-state index contributed by atoms with van der Waals surface area (Å²) in [6.45, 7) is 16.0. The second-order valence-electron chi connectivity index (χ2n) is 22.8. The number of carbonyl (C=O) groups excluding carboxylic acids is 10. The van der Waals surface area contributed by atoms with Gasteiger partial charge in [0.05, 0.1) is 111 Å². The number of ether oxygens (including phenoxy) is 3. The maximum atomic E-state index is 11.8. The maximum absolute atomic E-state index is 11.8. The van der Waals surface area contributed by atoms with Crippen molar-refractivity contribution in [2.75, 3.05) is 74.1 Å². The van der Waals surface area contributed by atoms with Gasteiger partial charge in [0.25, 0.3) is 5.69 Å². The molecule has 10 atom stereocenters. The Morgan fingerprint density at radius 3 is 1.18 bits per heavy atom. The predicted molar refractivity (Wildman–Crippen MR) is 364 cm³/mol. The Hall–Kier alpha value is -5.80. The molecule has 0 spiro atoms. The summed E-state index contributed by atoms with van der Waals surface area (Å²) in [4.78, 5) is 142. The molecule has 3 N–H and O–H groups in total. The van der Waals surface area contributed by atoms with Gasteiger partial charge in [-0.1, -0.05) is 75.9 Å². The quantitative estimate of drug-likeness (QED) is 0.0471. The van der Waals surface area contributed by atoms with Crippen LogP contribution < -0.4 is 10.2 Å². The van der Waals surface area contributed by atoms with Crippen molar-refractivity contribution in [2.24, 2.45) is 29.6 Å². The molecule has 0 aliphatic carbocycles. The first kappa shape index (κ1) is 79.2. The Morgan fingerprint density at radius 2 is 0.833 bits per heavy atom. The molecule has 10 unspecified atom stereocenters. The van der Waals surface area contributed by atoms with E-state index >= 15 is 0 Å². The van der Waals surface area contributed by atoms with E-state index in [-0.39, 0.29) is 149 Å². The van der Waals surface area contributed by atoms with Gasteiger partial charge < -0.3 is 59.1 Å². The van der Waals surface area contributed by atoms with Crippen LogP contribution in [-0.4, -0.2) is 211 Å². The molecule has 5 saturated heterocycles. The molecule has 96 heavy (non-hydrogen) atoms. The lowest BCUT2D eigenvalue weighted by Crippen LogP contribution is -2.61. The number of allylic oxidation sites excluding steroid dienone is 2. The number of fused-ring (bicyclic) bond motifs is 5. The van der Waals surface area contributed by atoms with E-state index in [9.17, 15) is 73.1 Å². The van der Waals surface area contributed by atoms with Gasteiger partial charge in [-0.2, -0.15) is 0 Å². The number of esters is 3. The number of hydrogen-bond donors (Lipinski definition) is 3. The molecule has 0 bridgehead atoms. The Kier molecular flexibility index (Phi) is 29.5. The molecule has 0 aromatic heterocycles. The molecule has 36 heteroatoms. The number of nitro benzene ring substituents is 1. The summed E-state index contributed by atoms with van der Waals surface area (Å²) in [6, 6.07) is 6.43. The van der Waals surface area contributed by atoms with Crippen LogP contribution in [0.5, 0.6) is 0 Å². The van der Waals surface area contributed by atoms with Crippen molar-refractivity contribution in [2.45, 2.75) is 102 Å². The first-order valence-electron chi connectivity index (χ1n) is 29.8. The zero-order valence-corrected chi connectivity index (χ0v) is 61.1. The average molecular weight is 1500 g/mol. The van der Waals surface area contributed by atoms with Crippen LogP contribution in [0, 0.1) is 46.6 Å². The highest BCUT2D eigenvalue weighted by Gasteiger charge is 2.53. The SMILES string of the molecule is CC(=O)OCC1=C(C(=O)[O-])N2C(=O)C(C)C2SC1.CC1=C(CO)CSC2C(C)C(=O)N12.CC1=C(COC(=O)CCP=S)CSC2C(C)C(=O)N12.CC1C(=O)N2C(C(=O)O)=C(CO)CSC12.CC1C(=O)N2C(C(=O)[O-])=C(COC(=O)CCP=S)CSC12.Cc1ccc([N+](=O)[O-])cc1. The highest BCUT2D eigenvalue weighted by molar-refractivity contribution is 8.01. The molecule has 5 amide bonds. The van der Waals surface area contributed by atoms with Gasteiger partial charge in [0.15, 0.2) is 0 Å². The van der Waals surface area contributed by atoms with Crippen LogP contribution in [0.25, 0.3) is 0 Å². The summed E-state index contributed by atoms with van der Waals surface area (Å²) in [5.74, 6) is -2.57. The van der Waals surface area contributed by atoms with Crippen LogP contribution in [0.4, 0.5) is 5.69 Å². The molecule has 27 nitrogen and oxygen atoms in total. The van der Waals surface area contributed by atoms with E-state index in [1.54, 1.807) is 56.4 Å². The van der Waals surface area contributed by atoms with Crippen molar-refractivity contribution < 1.29 is 97.4 Å².